The van der Waals surface area contributed by atoms with E-state index < -0.39 is 6.41 Å². The molecular formula is C12H19NO4. The van der Waals surface area contributed by atoms with Gasteiger partial charge in [-0.25, -0.2) is 0 Å². The first-order valence-electron chi connectivity index (χ1n) is 5.94. The summed E-state index contributed by atoms with van der Waals surface area (Å²) in [5.74, 6) is 0.414. The molecule has 96 valence electrons. The summed E-state index contributed by atoms with van der Waals surface area (Å²) in [6.45, 7) is 2.12. The Labute approximate surface area is 101 Å². The minimum Gasteiger partial charge on any atom is -0.356 e. The van der Waals surface area contributed by atoms with Crippen molar-refractivity contribution in [2.45, 2.75) is 19.1 Å². The molecule has 2 N–H and O–H groups in total. The number of aliphatic hydroxyl groups excluding tert-OH is 1. The van der Waals surface area contributed by atoms with Gasteiger partial charge >= 0.3 is 0 Å². The van der Waals surface area contributed by atoms with Gasteiger partial charge in [-0.3, -0.25) is 5.32 Å². The number of nitrogens with one attached hydrogen (secondary N) is 1. The minimum absolute atomic E-state index is 0.245. The standard InChI is InChI=1S/C12H19NO4/c14-12(17-9-11-15-6-7-16-11)13-8-10-4-2-1-3-5-10/h1-4,10-14H,5-9H2. The summed E-state index contributed by atoms with van der Waals surface area (Å²) in [5, 5.41) is 12.5. The monoisotopic (exact) mass is 241 g/mol. The van der Waals surface area contributed by atoms with Crippen molar-refractivity contribution < 1.29 is 19.3 Å². The number of aliphatic hydroxyl groups is 1. The highest BCUT2D eigenvalue weighted by atomic mass is 16.7. The minimum atomic E-state index is -0.970. The second-order valence-corrected chi connectivity index (χ2v) is 4.07. The van der Waals surface area contributed by atoms with Crippen LogP contribution in [0.3, 0.4) is 0 Å². The largest absolute Gasteiger partial charge is 0.356 e. The molecule has 2 unspecified atom stereocenters. The molecule has 0 aromatic carbocycles. The van der Waals surface area contributed by atoms with Crippen LogP contribution in [0.2, 0.25) is 0 Å². The molecule has 2 aliphatic rings. The van der Waals surface area contributed by atoms with Crippen molar-refractivity contribution in [2.75, 3.05) is 26.4 Å². The van der Waals surface area contributed by atoms with Crippen LogP contribution >= 0.6 is 0 Å². The Kier molecular flexibility index (Phi) is 5.15. The topological polar surface area (TPSA) is 60.0 Å². The smallest absolute Gasteiger partial charge is 0.213 e. The number of ether oxygens (including phenoxy) is 3. The Morgan fingerprint density at radius 1 is 1.35 bits per heavy atom. The quantitative estimate of drug-likeness (QED) is 0.658. The number of allylic oxidation sites excluding steroid dienone is 3. The van der Waals surface area contributed by atoms with Crippen molar-refractivity contribution >= 4 is 0 Å². The average molecular weight is 241 g/mol. The van der Waals surface area contributed by atoms with E-state index in [4.69, 9.17) is 14.2 Å². The number of hydrogen-bond acceptors (Lipinski definition) is 5. The van der Waals surface area contributed by atoms with Crippen molar-refractivity contribution in [3.05, 3.63) is 24.3 Å². The molecule has 1 aliphatic heterocycles. The van der Waals surface area contributed by atoms with E-state index in [2.05, 4.69) is 17.5 Å². The predicted molar refractivity (Wildman–Crippen MR) is 62.0 cm³/mol. The number of rotatable bonds is 6. The van der Waals surface area contributed by atoms with E-state index in [1.807, 2.05) is 12.2 Å². The molecule has 5 nitrogen and oxygen atoms in total. The number of hydrogen-bond donors (Lipinski definition) is 2. The van der Waals surface area contributed by atoms with Crippen LogP contribution in [0.4, 0.5) is 0 Å². The average Bonchev–Trinajstić information content (AvgIpc) is 2.88. The van der Waals surface area contributed by atoms with Gasteiger partial charge in [0.2, 0.25) is 6.41 Å². The molecular weight excluding hydrogens is 222 g/mol. The molecule has 1 heterocycles. The normalized spacial score (nSPS) is 26.5. The van der Waals surface area contributed by atoms with Crippen LogP contribution in [-0.2, 0) is 14.2 Å². The molecule has 0 radical (unpaired) electrons. The Morgan fingerprint density at radius 3 is 2.88 bits per heavy atom. The van der Waals surface area contributed by atoms with Crippen molar-refractivity contribution in [2.24, 2.45) is 5.92 Å². The lowest BCUT2D eigenvalue weighted by atomic mass is 10.0. The lowest BCUT2D eigenvalue weighted by molar-refractivity contribution is -0.176. The van der Waals surface area contributed by atoms with E-state index in [9.17, 15) is 5.11 Å². The zero-order chi connectivity index (χ0) is 11.9. The van der Waals surface area contributed by atoms with E-state index >= 15 is 0 Å². The zero-order valence-electron chi connectivity index (χ0n) is 9.75. The fraction of sp³-hybridized carbons (Fsp3) is 0.667. The van der Waals surface area contributed by atoms with Gasteiger partial charge < -0.3 is 19.3 Å². The van der Waals surface area contributed by atoms with Crippen molar-refractivity contribution in [1.82, 2.24) is 5.32 Å². The van der Waals surface area contributed by atoms with E-state index in [0.29, 0.717) is 25.7 Å². The van der Waals surface area contributed by atoms with Crippen LogP contribution in [0.25, 0.3) is 0 Å². The second kappa shape index (κ2) is 6.88. The first kappa shape index (κ1) is 12.7. The van der Waals surface area contributed by atoms with E-state index in [0.717, 1.165) is 6.42 Å². The molecule has 1 fully saturated rings. The van der Waals surface area contributed by atoms with Gasteiger partial charge in [0.1, 0.15) is 6.61 Å². The molecule has 2 atom stereocenters. The fourth-order valence-electron chi connectivity index (χ4n) is 1.77. The van der Waals surface area contributed by atoms with Crippen LogP contribution < -0.4 is 5.32 Å². The third-order valence-corrected chi connectivity index (χ3v) is 2.70. The predicted octanol–water partition coefficient (Wildman–Crippen LogP) is 0.374. The molecule has 5 heteroatoms. The third-order valence-electron chi connectivity index (χ3n) is 2.70. The van der Waals surface area contributed by atoms with Gasteiger partial charge in [0, 0.05) is 6.54 Å². The van der Waals surface area contributed by atoms with Gasteiger partial charge in [0.25, 0.3) is 0 Å². The van der Waals surface area contributed by atoms with E-state index in [1.165, 1.54) is 0 Å². The molecule has 1 aliphatic carbocycles. The van der Waals surface area contributed by atoms with Crippen LogP contribution in [0.5, 0.6) is 0 Å². The molecule has 0 saturated carbocycles. The van der Waals surface area contributed by atoms with Crippen LogP contribution in [0.15, 0.2) is 24.3 Å². The first-order chi connectivity index (χ1) is 8.34. The summed E-state index contributed by atoms with van der Waals surface area (Å²) in [7, 11) is 0. The lowest BCUT2D eigenvalue weighted by Crippen LogP contribution is -2.37. The van der Waals surface area contributed by atoms with Gasteiger partial charge in [-0.2, -0.15) is 0 Å². The first-order valence-corrected chi connectivity index (χ1v) is 5.94. The summed E-state index contributed by atoms with van der Waals surface area (Å²) in [6, 6.07) is 0. The SMILES string of the molecule is OC(NCC1C=CC=CC1)OCC1OCCO1. The maximum Gasteiger partial charge on any atom is 0.213 e. The van der Waals surface area contributed by atoms with E-state index in [1.54, 1.807) is 0 Å². The molecule has 0 aromatic rings. The Morgan fingerprint density at radius 2 is 2.18 bits per heavy atom. The van der Waals surface area contributed by atoms with Gasteiger partial charge in [0.15, 0.2) is 6.29 Å². The zero-order valence-corrected chi connectivity index (χ0v) is 9.75. The van der Waals surface area contributed by atoms with Crippen LogP contribution in [-0.4, -0.2) is 44.2 Å². The Bertz CT molecular complexity index is 274. The summed E-state index contributed by atoms with van der Waals surface area (Å²) in [5.41, 5.74) is 0. The van der Waals surface area contributed by atoms with Gasteiger partial charge in [-0.15, -0.1) is 0 Å². The summed E-state index contributed by atoms with van der Waals surface area (Å²) in [4.78, 5) is 0. The highest BCUT2D eigenvalue weighted by Gasteiger charge is 2.18. The molecule has 2 rings (SSSR count). The van der Waals surface area contributed by atoms with Crippen molar-refractivity contribution in [3.8, 4) is 0 Å². The summed E-state index contributed by atoms with van der Waals surface area (Å²) in [6.07, 6.45) is 7.95. The maximum atomic E-state index is 9.55. The molecule has 0 bridgehead atoms. The lowest BCUT2D eigenvalue weighted by Gasteiger charge is -2.19. The van der Waals surface area contributed by atoms with Gasteiger partial charge in [-0.1, -0.05) is 24.3 Å². The Balaban J connectivity index is 1.55. The fourth-order valence-corrected chi connectivity index (χ4v) is 1.77. The van der Waals surface area contributed by atoms with Crippen molar-refractivity contribution in [3.63, 3.8) is 0 Å². The highest BCUT2D eigenvalue weighted by Crippen LogP contribution is 2.10. The Hall–Kier alpha value is -0.720. The van der Waals surface area contributed by atoms with Crippen molar-refractivity contribution in [1.29, 1.82) is 0 Å². The molecule has 0 aromatic heterocycles. The summed E-state index contributed by atoms with van der Waals surface area (Å²) >= 11 is 0. The highest BCUT2D eigenvalue weighted by molar-refractivity contribution is 5.11. The molecule has 0 spiro atoms. The molecule has 1 saturated heterocycles. The summed E-state index contributed by atoms with van der Waals surface area (Å²) < 4.78 is 15.6. The molecule has 17 heavy (non-hydrogen) atoms. The van der Waals surface area contributed by atoms with Crippen LogP contribution in [0.1, 0.15) is 6.42 Å². The molecule has 0 amide bonds. The maximum absolute atomic E-state index is 9.55. The van der Waals surface area contributed by atoms with Crippen LogP contribution in [0, 0.1) is 5.92 Å². The van der Waals surface area contributed by atoms with Gasteiger partial charge in [-0.05, 0) is 12.3 Å². The third kappa shape index (κ3) is 4.57. The second-order valence-electron chi connectivity index (χ2n) is 4.07. The van der Waals surface area contributed by atoms with Gasteiger partial charge in [0.05, 0.1) is 13.2 Å². The van der Waals surface area contributed by atoms with E-state index in [-0.39, 0.29) is 12.9 Å².